The van der Waals surface area contributed by atoms with Gasteiger partial charge in [0.05, 0.1) is 0 Å². The quantitative estimate of drug-likeness (QED) is 0.388. The second-order valence-corrected chi connectivity index (χ2v) is 11.1. The van der Waals surface area contributed by atoms with E-state index in [9.17, 15) is 4.79 Å². The van der Waals surface area contributed by atoms with Gasteiger partial charge in [-0.2, -0.15) is 0 Å². The summed E-state index contributed by atoms with van der Waals surface area (Å²) >= 11 is 0. The standard InChI is InChI=1S/C27H34O3/c1-17-7-8-22(29-17)19-16-18-6-4-5-12-25(18,2)20-9-13-26(3)21(24(19)20)10-14-27(26)15-11-23(28)30-27/h6-9,19,21,24H,4-5,10-16H2,1-3H3/t19-,21-,24+,25-,26-,27+/m0/s1. The van der Waals surface area contributed by atoms with Crippen molar-refractivity contribution in [2.24, 2.45) is 22.7 Å². The summed E-state index contributed by atoms with van der Waals surface area (Å²) in [6.07, 6.45) is 14.7. The molecule has 160 valence electrons. The predicted octanol–water partition coefficient (Wildman–Crippen LogP) is 6.63. The van der Waals surface area contributed by atoms with Crippen LogP contribution < -0.4 is 0 Å². The van der Waals surface area contributed by atoms with Crippen LogP contribution in [-0.2, 0) is 9.53 Å². The molecular weight excluding hydrogens is 372 g/mol. The van der Waals surface area contributed by atoms with E-state index in [1.54, 1.807) is 11.1 Å². The summed E-state index contributed by atoms with van der Waals surface area (Å²) in [6, 6.07) is 4.34. The first-order chi connectivity index (χ1) is 14.4. The fourth-order valence-electron chi connectivity index (χ4n) is 8.26. The fraction of sp³-hybridized carbons (Fsp3) is 0.667. The van der Waals surface area contributed by atoms with Gasteiger partial charge in [-0.25, -0.2) is 0 Å². The minimum atomic E-state index is -0.246. The van der Waals surface area contributed by atoms with Gasteiger partial charge < -0.3 is 9.15 Å². The zero-order valence-electron chi connectivity index (χ0n) is 18.6. The minimum absolute atomic E-state index is 0.0120. The Kier molecular flexibility index (Phi) is 3.88. The van der Waals surface area contributed by atoms with Gasteiger partial charge in [0.15, 0.2) is 0 Å². The molecule has 2 heterocycles. The second-order valence-electron chi connectivity index (χ2n) is 11.1. The average Bonchev–Trinajstić information content (AvgIpc) is 3.40. The number of allylic oxidation sites excluding steroid dienone is 4. The van der Waals surface area contributed by atoms with E-state index in [2.05, 4.69) is 45.1 Å². The van der Waals surface area contributed by atoms with Crippen LogP contribution in [0.1, 0.15) is 89.1 Å². The number of fused-ring (bicyclic) bond motifs is 6. The van der Waals surface area contributed by atoms with E-state index in [0.29, 0.717) is 24.2 Å². The third-order valence-electron chi connectivity index (χ3n) is 9.92. The highest BCUT2D eigenvalue weighted by molar-refractivity contribution is 5.72. The molecular formula is C27H34O3. The number of hydrogen-bond acceptors (Lipinski definition) is 3. The lowest BCUT2D eigenvalue weighted by molar-refractivity contribution is -0.160. The highest BCUT2D eigenvalue weighted by Crippen LogP contribution is 2.70. The molecule has 2 saturated carbocycles. The number of furan rings is 1. The number of carbonyl (C=O) groups is 1. The molecule has 1 aliphatic heterocycles. The van der Waals surface area contributed by atoms with Crippen molar-refractivity contribution in [3.8, 4) is 0 Å². The Morgan fingerprint density at radius 3 is 2.70 bits per heavy atom. The van der Waals surface area contributed by atoms with Crippen LogP contribution in [0.3, 0.4) is 0 Å². The lowest BCUT2D eigenvalue weighted by Crippen LogP contribution is -2.52. The van der Waals surface area contributed by atoms with Crippen LogP contribution in [0.25, 0.3) is 0 Å². The van der Waals surface area contributed by atoms with Gasteiger partial charge in [-0.05, 0) is 82.3 Å². The number of carbonyl (C=O) groups excluding carboxylic acids is 1. The smallest absolute Gasteiger partial charge is 0.306 e. The fourth-order valence-corrected chi connectivity index (χ4v) is 8.26. The van der Waals surface area contributed by atoms with Crippen molar-refractivity contribution < 1.29 is 13.9 Å². The van der Waals surface area contributed by atoms with E-state index in [1.165, 1.54) is 19.3 Å². The summed E-state index contributed by atoms with van der Waals surface area (Å²) in [4.78, 5) is 12.2. The molecule has 3 heteroatoms. The van der Waals surface area contributed by atoms with Crippen LogP contribution >= 0.6 is 0 Å². The van der Waals surface area contributed by atoms with E-state index >= 15 is 0 Å². The maximum Gasteiger partial charge on any atom is 0.306 e. The van der Waals surface area contributed by atoms with Gasteiger partial charge in [0.25, 0.3) is 0 Å². The van der Waals surface area contributed by atoms with Crippen LogP contribution in [0.4, 0.5) is 0 Å². The third kappa shape index (κ3) is 2.30. The van der Waals surface area contributed by atoms with Gasteiger partial charge in [0.2, 0.25) is 0 Å². The summed E-state index contributed by atoms with van der Waals surface area (Å²) in [6.45, 7) is 6.99. The van der Waals surface area contributed by atoms with E-state index < -0.39 is 0 Å². The monoisotopic (exact) mass is 406 g/mol. The summed E-state index contributed by atoms with van der Waals surface area (Å²) in [5.41, 5.74) is 3.31. The first-order valence-electron chi connectivity index (χ1n) is 12.0. The Morgan fingerprint density at radius 2 is 1.97 bits per heavy atom. The molecule has 6 atom stereocenters. The molecule has 0 N–H and O–H groups in total. The molecule has 3 fully saturated rings. The molecule has 30 heavy (non-hydrogen) atoms. The highest BCUT2D eigenvalue weighted by Gasteiger charge is 2.66. The molecule has 0 radical (unpaired) electrons. The molecule has 3 nitrogen and oxygen atoms in total. The minimum Gasteiger partial charge on any atom is -0.466 e. The molecule has 1 saturated heterocycles. The first-order valence-corrected chi connectivity index (χ1v) is 12.0. The molecule has 5 aliphatic rings. The van der Waals surface area contributed by atoms with Crippen LogP contribution in [0.15, 0.2) is 39.8 Å². The highest BCUT2D eigenvalue weighted by atomic mass is 16.6. The van der Waals surface area contributed by atoms with Crippen molar-refractivity contribution in [1.29, 1.82) is 0 Å². The van der Waals surface area contributed by atoms with Gasteiger partial charge >= 0.3 is 5.97 Å². The predicted molar refractivity (Wildman–Crippen MR) is 116 cm³/mol. The van der Waals surface area contributed by atoms with Crippen LogP contribution in [0.2, 0.25) is 0 Å². The Hall–Kier alpha value is -1.77. The Bertz CT molecular complexity index is 967. The van der Waals surface area contributed by atoms with Crippen molar-refractivity contribution >= 4 is 5.97 Å². The van der Waals surface area contributed by atoms with Crippen LogP contribution in [0.5, 0.6) is 0 Å². The van der Waals surface area contributed by atoms with E-state index in [4.69, 9.17) is 9.15 Å². The summed E-state index contributed by atoms with van der Waals surface area (Å²) in [5, 5.41) is 0. The molecule has 4 aliphatic carbocycles. The third-order valence-corrected chi connectivity index (χ3v) is 9.92. The largest absolute Gasteiger partial charge is 0.466 e. The van der Waals surface area contributed by atoms with E-state index in [0.717, 1.165) is 43.6 Å². The van der Waals surface area contributed by atoms with Crippen molar-refractivity contribution in [3.63, 3.8) is 0 Å². The lowest BCUT2D eigenvalue weighted by Gasteiger charge is -2.57. The zero-order valence-corrected chi connectivity index (χ0v) is 18.6. The number of aryl methyl sites for hydroxylation is 1. The van der Waals surface area contributed by atoms with Gasteiger partial charge in [-0.3, -0.25) is 4.79 Å². The van der Waals surface area contributed by atoms with Crippen molar-refractivity contribution in [2.75, 3.05) is 0 Å². The molecule has 6 rings (SSSR count). The number of ether oxygens (including phenoxy) is 1. The van der Waals surface area contributed by atoms with Crippen molar-refractivity contribution in [2.45, 2.75) is 90.1 Å². The summed E-state index contributed by atoms with van der Waals surface area (Å²) < 4.78 is 12.4. The Labute approximate surface area is 179 Å². The van der Waals surface area contributed by atoms with Gasteiger partial charge in [-0.1, -0.05) is 37.1 Å². The van der Waals surface area contributed by atoms with Gasteiger partial charge in [0.1, 0.15) is 17.1 Å². The zero-order chi connectivity index (χ0) is 20.7. The average molecular weight is 407 g/mol. The maximum atomic E-state index is 12.2. The van der Waals surface area contributed by atoms with Gasteiger partial charge in [-0.15, -0.1) is 0 Å². The molecule has 0 aromatic carbocycles. The Balaban J connectivity index is 1.50. The van der Waals surface area contributed by atoms with Crippen molar-refractivity contribution in [1.82, 2.24) is 0 Å². The first kappa shape index (κ1) is 19.0. The van der Waals surface area contributed by atoms with E-state index in [-0.39, 0.29) is 22.4 Å². The number of esters is 1. The maximum absolute atomic E-state index is 12.2. The molecule has 1 spiro atoms. The molecule has 1 aromatic rings. The lowest BCUT2D eigenvalue weighted by atomic mass is 9.48. The van der Waals surface area contributed by atoms with Gasteiger partial charge in [0, 0.05) is 23.2 Å². The summed E-state index contributed by atoms with van der Waals surface area (Å²) in [7, 11) is 0. The second kappa shape index (κ2) is 6.14. The Morgan fingerprint density at radius 1 is 1.10 bits per heavy atom. The molecule has 0 unspecified atom stereocenters. The normalized spacial score (nSPS) is 44.8. The molecule has 0 amide bonds. The summed E-state index contributed by atoms with van der Waals surface area (Å²) in [5.74, 6) is 3.63. The number of hydrogen-bond donors (Lipinski definition) is 0. The SMILES string of the molecule is Cc1ccc([C@@H]2CC3=CCCC[C@]3(C)C3=CC[C@@]4(C)[C@@H](CC[C@@]45CCC(=O)O5)[C@@H]32)o1. The van der Waals surface area contributed by atoms with Crippen LogP contribution in [0, 0.1) is 29.6 Å². The molecule has 1 aromatic heterocycles. The topological polar surface area (TPSA) is 39.4 Å². The number of rotatable bonds is 1. The van der Waals surface area contributed by atoms with Crippen LogP contribution in [-0.4, -0.2) is 11.6 Å². The molecule has 0 bridgehead atoms. The van der Waals surface area contributed by atoms with E-state index in [1.807, 2.05) is 0 Å². The van der Waals surface area contributed by atoms with Crippen molar-refractivity contribution in [3.05, 3.63) is 47.0 Å².